The van der Waals surface area contributed by atoms with Gasteiger partial charge in [-0.1, -0.05) is 55.1 Å². The highest BCUT2D eigenvalue weighted by atomic mass is 35.5. The van der Waals surface area contributed by atoms with E-state index in [0.717, 1.165) is 34.5 Å². The van der Waals surface area contributed by atoms with Crippen LogP contribution < -0.4 is 9.64 Å². The molecule has 1 unspecified atom stereocenters. The van der Waals surface area contributed by atoms with Crippen LogP contribution in [0.4, 0.5) is 5.69 Å². The number of fused-ring (bicyclic) bond motifs is 1. The molecule has 0 amide bonds. The molecule has 10 heteroatoms. The maximum Gasteiger partial charge on any atom is 0.189 e. The van der Waals surface area contributed by atoms with Gasteiger partial charge in [0, 0.05) is 39.1 Å². The van der Waals surface area contributed by atoms with Crippen molar-refractivity contribution in [2.24, 2.45) is 0 Å². The molecule has 3 heterocycles. The molecule has 0 N–H and O–H groups in total. The lowest BCUT2D eigenvalue weighted by Crippen LogP contribution is -2.26. The van der Waals surface area contributed by atoms with E-state index in [9.17, 15) is 0 Å². The Balaban J connectivity index is 1.50. The Morgan fingerprint density at radius 3 is 2.88 bits per heavy atom. The molecule has 2 aliphatic rings. The Bertz CT molecular complexity index is 996. The molecule has 0 spiro atoms. The van der Waals surface area contributed by atoms with E-state index in [1.54, 1.807) is 6.07 Å². The van der Waals surface area contributed by atoms with Gasteiger partial charge < -0.3 is 19.1 Å². The molecule has 1 aromatic carbocycles. The summed E-state index contributed by atoms with van der Waals surface area (Å²) in [6.45, 7) is 10.5. The molecule has 1 saturated heterocycles. The number of rotatable bonds is 8. The van der Waals surface area contributed by atoms with Crippen molar-refractivity contribution in [2.75, 3.05) is 31.5 Å². The molecule has 0 aliphatic carbocycles. The molecular weight excluding hydrogens is 485 g/mol. The second-order valence-electron chi connectivity index (χ2n) is 9.41. The predicted molar refractivity (Wildman–Crippen MR) is 135 cm³/mol. The van der Waals surface area contributed by atoms with Crippen molar-refractivity contribution in [1.82, 2.24) is 9.78 Å². The van der Waals surface area contributed by atoms with E-state index < -0.39 is 8.07 Å². The molecule has 32 heavy (non-hydrogen) atoms. The van der Waals surface area contributed by atoms with Crippen LogP contribution in [0, 0.1) is 0 Å². The van der Waals surface area contributed by atoms with Crippen LogP contribution in [0.3, 0.4) is 0 Å². The monoisotopic (exact) mass is 513 g/mol. The maximum atomic E-state index is 6.67. The fraction of sp³-hybridized carbons (Fsp3) is 0.545. The fourth-order valence-electron chi connectivity index (χ4n) is 4.02. The van der Waals surface area contributed by atoms with E-state index in [1.165, 1.54) is 0 Å². The Hall–Kier alpha value is -1.16. The third kappa shape index (κ3) is 5.32. The number of thiocarbonyl (C=S) groups is 1. The van der Waals surface area contributed by atoms with E-state index in [2.05, 4.69) is 29.6 Å². The second-order valence-corrected chi connectivity index (χ2v) is 16.3. The summed E-state index contributed by atoms with van der Waals surface area (Å²) in [6.07, 6.45) is 2.57. The molecule has 174 valence electrons. The van der Waals surface area contributed by atoms with E-state index in [-0.39, 0.29) is 12.7 Å². The lowest BCUT2D eigenvalue weighted by molar-refractivity contribution is 0.0213. The highest BCUT2D eigenvalue weighted by molar-refractivity contribution is 7.80. The summed E-state index contributed by atoms with van der Waals surface area (Å²) in [5.41, 5.74) is 2.95. The van der Waals surface area contributed by atoms with E-state index >= 15 is 0 Å². The highest BCUT2D eigenvalue weighted by Crippen LogP contribution is 2.44. The summed E-state index contributed by atoms with van der Waals surface area (Å²) in [5, 5.41) is 5.53. The molecule has 0 saturated carbocycles. The van der Waals surface area contributed by atoms with Crippen molar-refractivity contribution < 1.29 is 14.2 Å². The summed E-state index contributed by atoms with van der Waals surface area (Å²) in [4.78, 5) is 2.99. The quantitative estimate of drug-likeness (QED) is 0.194. The first kappa shape index (κ1) is 24.0. The predicted octanol–water partition coefficient (Wildman–Crippen LogP) is 5.73. The minimum atomic E-state index is -1.14. The topological polar surface area (TPSA) is 48.8 Å². The lowest BCUT2D eigenvalue weighted by atomic mass is 9.97. The molecule has 6 nitrogen and oxygen atoms in total. The normalized spacial score (nSPS) is 18.8. The summed E-state index contributed by atoms with van der Waals surface area (Å²) < 4.78 is 19.4. The standard InChI is InChI=1S/C22H29Cl2N3O3SSi/c1-32(2,3)9-8-29-14-30-19-5-4-16(23)22(24)21(19)15-10-20(31)26(12-15)17-11-25-27-6-7-28-13-18(17)27/h4-5,11,15H,6-10,12-14H2,1-3H3. The van der Waals surface area contributed by atoms with Gasteiger partial charge in [-0.2, -0.15) is 5.10 Å². The van der Waals surface area contributed by atoms with E-state index in [0.29, 0.717) is 48.6 Å². The summed E-state index contributed by atoms with van der Waals surface area (Å²) in [5.74, 6) is 0.758. The van der Waals surface area contributed by atoms with Crippen LogP contribution >= 0.6 is 35.4 Å². The van der Waals surface area contributed by atoms with Crippen LogP contribution in [0.25, 0.3) is 0 Å². The number of halogens is 2. The molecule has 4 rings (SSSR count). The first-order valence-corrected chi connectivity index (χ1v) is 15.7. The average molecular weight is 515 g/mol. The van der Waals surface area contributed by atoms with E-state index in [1.807, 2.05) is 16.9 Å². The van der Waals surface area contributed by atoms with Crippen LogP contribution in [0.2, 0.25) is 35.7 Å². The van der Waals surface area contributed by atoms with Gasteiger partial charge in [0.25, 0.3) is 0 Å². The smallest absolute Gasteiger partial charge is 0.189 e. The minimum absolute atomic E-state index is 0.0609. The zero-order chi connectivity index (χ0) is 22.9. The zero-order valence-electron chi connectivity index (χ0n) is 18.7. The van der Waals surface area contributed by atoms with Crippen molar-refractivity contribution in [2.45, 2.75) is 51.2 Å². The van der Waals surface area contributed by atoms with Gasteiger partial charge in [-0.3, -0.25) is 4.68 Å². The van der Waals surface area contributed by atoms with E-state index in [4.69, 9.17) is 49.6 Å². The third-order valence-corrected chi connectivity index (χ3v) is 8.73. The van der Waals surface area contributed by atoms with Crippen LogP contribution in [-0.4, -0.2) is 49.4 Å². The number of benzene rings is 1. The van der Waals surface area contributed by atoms with Crippen molar-refractivity contribution in [3.05, 3.63) is 39.6 Å². The molecule has 1 aromatic heterocycles. The van der Waals surface area contributed by atoms with Crippen molar-refractivity contribution in [1.29, 1.82) is 0 Å². The summed E-state index contributed by atoms with van der Waals surface area (Å²) >= 11 is 18.8. The van der Waals surface area contributed by atoms with Gasteiger partial charge in [0.2, 0.25) is 0 Å². The van der Waals surface area contributed by atoms with Crippen LogP contribution in [0.5, 0.6) is 5.75 Å². The number of ether oxygens (including phenoxy) is 3. The number of hydrogen-bond acceptors (Lipinski definition) is 5. The van der Waals surface area contributed by atoms with Crippen LogP contribution in [0.15, 0.2) is 18.3 Å². The molecule has 1 atom stereocenters. The molecular formula is C22H29Cl2N3O3SSi. The number of nitrogens with zero attached hydrogens (tertiary/aromatic N) is 3. The van der Waals surface area contributed by atoms with Gasteiger partial charge in [0.15, 0.2) is 6.79 Å². The Kier molecular flexibility index (Phi) is 7.49. The largest absolute Gasteiger partial charge is 0.467 e. The first-order valence-electron chi connectivity index (χ1n) is 10.9. The molecule has 2 aromatic rings. The number of hydrogen-bond donors (Lipinski definition) is 0. The first-order chi connectivity index (χ1) is 15.2. The van der Waals surface area contributed by atoms with Gasteiger partial charge in [0.05, 0.1) is 52.4 Å². The van der Waals surface area contributed by atoms with Crippen molar-refractivity contribution in [3.8, 4) is 5.75 Å². The number of aromatic nitrogens is 2. The van der Waals surface area contributed by atoms with Crippen molar-refractivity contribution >= 4 is 54.2 Å². The highest BCUT2D eigenvalue weighted by Gasteiger charge is 2.35. The van der Waals surface area contributed by atoms with Crippen LogP contribution in [-0.2, 0) is 22.6 Å². The Morgan fingerprint density at radius 2 is 2.09 bits per heavy atom. The minimum Gasteiger partial charge on any atom is -0.467 e. The average Bonchev–Trinajstić information content (AvgIpc) is 3.32. The Labute approximate surface area is 205 Å². The van der Waals surface area contributed by atoms with Crippen molar-refractivity contribution in [3.63, 3.8) is 0 Å². The molecule has 0 bridgehead atoms. The summed E-state index contributed by atoms with van der Waals surface area (Å²) in [7, 11) is -1.14. The lowest BCUT2D eigenvalue weighted by Gasteiger charge is -2.22. The van der Waals surface area contributed by atoms with Gasteiger partial charge in [-0.15, -0.1) is 0 Å². The van der Waals surface area contributed by atoms with Gasteiger partial charge in [0.1, 0.15) is 5.75 Å². The van der Waals surface area contributed by atoms with Gasteiger partial charge >= 0.3 is 0 Å². The Morgan fingerprint density at radius 1 is 1.28 bits per heavy atom. The second kappa shape index (κ2) is 9.99. The maximum absolute atomic E-state index is 6.67. The molecule has 1 fully saturated rings. The summed E-state index contributed by atoms with van der Waals surface area (Å²) in [6, 6.07) is 4.73. The zero-order valence-corrected chi connectivity index (χ0v) is 22.0. The van der Waals surface area contributed by atoms with Crippen LogP contribution in [0.1, 0.15) is 23.6 Å². The third-order valence-electron chi connectivity index (χ3n) is 5.82. The van der Waals surface area contributed by atoms with Gasteiger partial charge in [-0.25, -0.2) is 0 Å². The fourth-order valence-corrected chi connectivity index (χ4v) is 5.62. The van der Waals surface area contributed by atoms with Gasteiger partial charge in [-0.05, 0) is 18.2 Å². The number of anilines is 1. The molecule has 0 radical (unpaired) electrons. The SMILES string of the molecule is C[Si](C)(C)CCOCOc1ccc(Cl)c(Cl)c1C1CC(=S)N(c2cnn3c2COCC3)C1. The molecule has 2 aliphatic heterocycles.